The topological polar surface area (TPSA) is 54.3 Å². The monoisotopic (exact) mass is 487 g/mol. The Morgan fingerprint density at radius 1 is 1.03 bits per heavy atom. The maximum atomic E-state index is 14.3. The molecule has 0 unspecified atom stereocenters. The number of nitrogens with one attached hydrogen (secondary N) is 1. The molecule has 32 heavy (non-hydrogen) atoms. The molecule has 1 aromatic heterocycles. The van der Waals surface area contributed by atoms with E-state index in [1.165, 1.54) is 24.3 Å². The Hall–Kier alpha value is -3.00. The summed E-state index contributed by atoms with van der Waals surface area (Å²) in [5, 5.41) is 3.08. The Balaban J connectivity index is 1.81. The zero-order valence-electron chi connectivity index (χ0n) is 16.9. The predicted molar refractivity (Wildman–Crippen MR) is 128 cm³/mol. The fourth-order valence-electron chi connectivity index (χ4n) is 3.63. The lowest BCUT2D eigenvalue weighted by atomic mass is 10.1. The number of amides is 2. The average Bonchev–Trinajstić information content (AvgIpc) is 3.01. The highest BCUT2D eigenvalue weighted by Crippen LogP contribution is 2.32. The van der Waals surface area contributed by atoms with Gasteiger partial charge in [0.25, 0.3) is 11.8 Å². The van der Waals surface area contributed by atoms with Crippen LogP contribution in [0.3, 0.4) is 0 Å². The summed E-state index contributed by atoms with van der Waals surface area (Å²) >= 11 is 17.7. The van der Waals surface area contributed by atoms with Gasteiger partial charge < -0.3 is 4.57 Å². The molecule has 0 atom stereocenters. The van der Waals surface area contributed by atoms with Gasteiger partial charge in [-0.2, -0.15) is 0 Å². The second-order valence-electron chi connectivity index (χ2n) is 7.14. The zero-order valence-corrected chi connectivity index (χ0v) is 19.3. The van der Waals surface area contributed by atoms with Crippen molar-refractivity contribution in [3.8, 4) is 5.69 Å². The molecule has 2 heterocycles. The molecular weight excluding hydrogens is 472 g/mol. The number of carbonyl (C=O) groups is 2. The van der Waals surface area contributed by atoms with Gasteiger partial charge in [0.05, 0.1) is 21.4 Å². The number of thiocarbonyl (C=S) groups is 1. The predicted octanol–water partition coefficient (Wildman–Crippen LogP) is 5.37. The first-order chi connectivity index (χ1) is 15.2. The van der Waals surface area contributed by atoms with Crippen LogP contribution in [0.1, 0.15) is 17.0 Å². The summed E-state index contributed by atoms with van der Waals surface area (Å²) in [4.78, 5) is 26.7. The normalized spacial score (nSPS) is 15.5. The largest absolute Gasteiger partial charge is 0.316 e. The van der Waals surface area contributed by atoms with E-state index < -0.39 is 17.6 Å². The fraction of sp³-hybridized carbons (Fsp3) is 0.0870. The minimum absolute atomic E-state index is 0.0374. The number of carbonyl (C=O) groups excluding carboxylic acids is 2. The number of benzene rings is 2. The van der Waals surface area contributed by atoms with Crippen molar-refractivity contribution in [1.29, 1.82) is 0 Å². The Morgan fingerprint density at radius 2 is 1.72 bits per heavy atom. The van der Waals surface area contributed by atoms with Crippen molar-refractivity contribution in [3.05, 3.63) is 86.9 Å². The third-order valence-corrected chi connectivity index (χ3v) is 6.23. The third-order valence-electron chi connectivity index (χ3n) is 5.14. The van der Waals surface area contributed by atoms with Crippen molar-refractivity contribution in [2.24, 2.45) is 0 Å². The minimum atomic E-state index is -0.713. The van der Waals surface area contributed by atoms with Crippen LogP contribution in [0.25, 0.3) is 11.8 Å². The fourth-order valence-corrected chi connectivity index (χ4v) is 4.29. The van der Waals surface area contributed by atoms with E-state index in [4.69, 9.17) is 35.4 Å². The SMILES string of the molecule is Cc1cc(/C=C2\C(=O)NC(=S)N(c3ccccc3F)C2=O)c(C)n1-c1cccc(Cl)c1Cl. The van der Waals surface area contributed by atoms with Crippen molar-refractivity contribution < 1.29 is 14.0 Å². The van der Waals surface area contributed by atoms with E-state index >= 15 is 0 Å². The molecule has 1 aliphatic rings. The first kappa shape index (κ1) is 22.2. The van der Waals surface area contributed by atoms with E-state index in [0.717, 1.165) is 16.3 Å². The molecule has 9 heteroatoms. The molecule has 0 radical (unpaired) electrons. The van der Waals surface area contributed by atoms with Crippen molar-refractivity contribution in [3.63, 3.8) is 0 Å². The Bertz CT molecular complexity index is 1330. The smallest absolute Gasteiger partial charge is 0.270 e. The summed E-state index contributed by atoms with van der Waals surface area (Å²) in [7, 11) is 0. The Morgan fingerprint density at radius 3 is 2.44 bits per heavy atom. The molecule has 0 saturated carbocycles. The van der Waals surface area contributed by atoms with Gasteiger partial charge in [-0.15, -0.1) is 0 Å². The molecule has 0 spiro atoms. The number of aryl methyl sites for hydroxylation is 1. The maximum Gasteiger partial charge on any atom is 0.270 e. The third kappa shape index (κ3) is 3.72. The van der Waals surface area contributed by atoms with Crippen LogP contribution in [0.15, 0.2) is 54.1 Å². The summed E-state index contributed by atoms with van der Waals surface area (Å²) in [6.07, 6.45) is 1.46. The van der Waals surface area contributed by atoms with Crippen LogP contribution in [0.4, 0.5) is 10.1 Å². The lowest BCUT2D eigenvalue weighted by molar-refractivity contribution is -0.122. The van der Waals surface area contributed by atoms with E-state index in [2.05, 4.69) is 5.32 Å². The standard InChI is InChI=1S/C23H16Cl2FN3O2S/c1-12-10-14(13(2)28(12)19-9-5-6-16(24)20(19)25)11-15-21(30)27-23(32)29(22(15)31)18-8-4-3-7-17(18)26/h3-11H,1-2H3,(H,27,30,32)/b15-11+. The second kappa shape index (κ2) is 8.50. The van der Waals surface area contributed by atoms with Crippen molar-refractivity contribution in [2.45, 2.75) is 13.8 Å². The number of para-hydroxylation sites is 1. The van der Waals surface area contributed by atoms with Gasteiger partial charge in [0.1, 0.15) is 11.4 Å². The van der Waals surface area contributed by atoms with Gasteiger partial charge in [-0.1, -0.05) is 41.4 Å². The van der Waals surface area contributed by atoms with Gasteiger partial charge >= 0.3 is 0 Å². The molecule has 4 rings (SSSR count). The van der Waals surface area contributed by atoms with Crippen LogP contribution in [-0.4, -0.2) is 21.5 Å². The van der Waals surface area contributed by atoms with Crippen molar-refractivity contribution in [1.82, 2.24) is 9.88 Å². The van der Waals surface area contributed by atoms with Gasteiger partial charge in [0.15, 0.2) is 5.11 Å². The molecule has 162 valence electrons. The van der Waals surface area contributed by atoms with Gasteiger partial charge in [-0.05, 0) is 68.0 Å². The van der Waals surface area contributed by atoms with Gasteiger partial charge in [-0.25, -0.2) is 9.29 Å². The quantitative estimate of drug-likeness (QED) is 0.307. The lowest BCUT2D eigenvalue weighted by Crippen LogP contribution is -2.54. The summed E-state index contributed by atoms with van der Waals surface area (Å²) in [6, 6.07) is 12.8. The number of aromatic nitrogens is 1. The van der Waals surface area contributed by atoms with Gasteiger partial charge in [-0.3, -0.25) is 14.9 Å². The summed E-state index contributed by atoms with van der Waals surface area (Å²) in [5.41, 5.74) is 2.66. The number of hydrogen-bond acceptors (Lipinski definition) is 3. The van der Waals surface area contributed by atoms with E-state index in [1.54, 1.807) is 18.2 Å². The van der Waals surface area contributed by atoms with Gasteiger partial charge in [0.2, 0.25) is 0 Å². The molecule has 0 aliphatic carbocycles. The molecule has 2 aromatic carbocycles. The van der Waals surface area contributed by atoms with Crippen molar-refractivity contribution in [2.75, 3.05) is 4.90 Å². The number of anilines is 1. The van der Waals surface area contributed by atoms with Crippen molar-refractivity contribution >= 4 is 64.1 Å². The van der Waals surface area contributed by atoms with E-state index in [-0.39, 0.29) is 16.4 Å². The van der Waals surface area contributed by atoms with Crippen LogP contribution in [0.2, 0.25) is 10.0 Å². The van der Waals surface area contributed by atoms with Crippen LogP contribution in [-0.2, 0) is 9.59 Å². The Labute approximate surface area is 199 Å². The molecular formula is C23H16Cl2FN3O2S. The van der Waals surface area contributed by atoms with Crippen LogP contribution in [0.5, 0.6) is 0 Å². The second-order valence-corrected chi connectivity index (χ2v) is 8.32. The van der Waals surface area contributed by atoms with Crippen LogP contribution >= 0.6 is 35.4 Å². The van der Waals surface area contributed by atoms with E-state index in [1.807, 2.05) is 30.5 Å². The van der Waals surface area contributed by atoms with Gasteiger partial charge in [0, 0.05) is 11.4 Å². The van der Waals surface area contributed by atoms with Crippen LogP contribution in [0, 0.1) is 19.7 Å². The Kier molecular flexibility index (Phi) is 5.90. The highest BCUT2D eigenvalue weighted by molar-refractivity contribution is 7.80. The average molecular weight is 488 g/mol. The van der Waals surface area contributed by atoms with E-state index in [9.17, 15) is 14.0 Å². The molecule has 1 saturated heterocycles. The first-order valence-electron chi connectivity index (χ1n) is 9.50. The van der Waals surface area contributed by atoms with Crippen LogP contribution < -0.4 is 10.2 Å². The number of hydrogen-bond donors (Lipinski definition) is 1. The highest BCUT2D eigenvalue weighted by Gasteiger charge is 2.36. The number of nitrogens with zero attached hydrogens (tertiary/aromatic N) is 2. The number of rotatable bonds is 3. The molecule has 5 nitrogen and oxygen atoms in total. The molecule has 1 aliphatic heterocycles. The minimum Gasteiger partial charge on any atom is -0.316 e. The molecule has 0 bridgehead atoms. The molecule has 2 amide bonds. The molecule has 1 fully saturated rings. The summed E-state index contributed by atoms with van der Waals surface area (Å²) in [5.74, 6) is -2.00. The summed E-state index contributed by atoms with van der Waals surface area (Å²) in [6.45, 7) is 3.71. The number of halogens is 3. The molecule has 1 N–H and O–H groups in total. The van der Waals surface area contributed by atoms with E-state index in [0.29, 0.717) is 21.3 Å². The lowest BCUT2D eigenvalue weighted by Gasteiger charge is -2.29. The maximum absolute atomic E-state index is 14.3. The highest BCUT2D eigenvalue weighted by atomic mass is 35.5. The summed E-state index contributed by atoms with van der Waals surface area (Å²) < 4.78 is 16.2. The first-order valence-corrected chi connectivity index (χ1v) is 10.7. The zero-order chi connectivity index (χ0) is 23.2. The molecule has 3 aromatic rings.